The minimum Gasteiger partial charge on any atom is -0.300 e. The van der Waals surface area contributed by atoms with Gasteiger partial charge in [0.25, 0.3) is 0 Å². The predicted octanol–water partition coefficient (Wildman–Crippen LogP) is 5.14. The summed E-state index contributed by atoms with van der Waals surface area (Å²) >= 11 is 0. The zero-order valence-corrected chi connectivity index (χ0v) is 19.7. The van der Waals surface area contributed by atoms with Crippen molar-refractivity contribution >= 4 is 29.7 Å². The van der Waals surface area contributed by atoms with Gasteiger partial charge in [-0.1, -0.05) is 85.9 Å². The molecule has 0 spiro atoms. The van der Waals surface area contributed by atoms with Crippen molar-refractivity contribution in [2.24, 2.45) is 0 Å². The molecular weight excluding hydrogens is 420 g/mol. The second-order valence-electron chi connectivity index (χ2n) is 8.84. The van der Waals surface area contributed by atoms with E-state index in [1.165, 1.54) is 0 Å². The van der Waals surface area contributed by atoms with Crippen LogP contribution < -0.4 is 10.6 Å². The molecule has 6 rings (SSSR count). The van der Waals surface area contributed by atoms with Crippen molar-refractivity contribution in [2.75, 3.05) is 0 Å². The van der Waals surface area contributed by atoms with Crippen molar-refractivity contribution in [1.29, 1.82) is 0 Å². The van der Waals surface area contributed by atoms with Crippen LogP contribution in [-0.2, 0) is 0 Å². The van der Waals surface area contributed by atoms with E-state index in [0.29, 0.717) is 0 Å². The Morgan fingerprint density at radius 2 is 0.909 bits per heavy atom. The Hall–Kier alpha value is -3.96. The highest BCUT2D eigenvalue weighted by molar-refractivity contribution is 7.01. The maximum atomic E-state index is 5.27. The van der Waals surface area contributed by atoms with Crippen molar-refractivity contribution < 1.29 is 0 Å². The van der Waals surface area contributed by atoms with Gasteiger partial charge in [-0.3, -0.25) is 8.80 Å². The van der Waals surface area contributed by atoms with E-state index in [2.05, 4.69) is 119 Å². The lowest BCUT2D eigenvalue weighted by atomic mass is 10.2. The van der Waals surface area contributed by atoms with Crippen LogP contribution in [0, 0.1) is 0 Å². The molecule has 6 aromatic rings. The molecule has 0 N–H and O–H groups in total. The number of hydrogen-bond acceptors (Lipinski definition) is 2. The largest absolute Gasteiger partial charge is 0.300 e. The van der Waals surface area contributed by atoms with E-state index < -0.39 is 8.07 Å². The number of aromatic nitrogens is 4. The quantitative estimate of drug-likeness (QED) is 0.353. The van der Waals surface area contributed by atoms with Crippen molar-refractivity contribution in [1.82, 2.24) is 18.8 Å². The van der Waals surface area contributed by atoms with Crippen molar-refractivity contribution in [2.45, 2.75) is 13.1 Å². The van der Waals surface area contributed by atoms with E-state index >= 15 is 0 Å². The molecule has 0 fully saturated rings. The summed E-state index contributed by atoms with van der Waals surface area (Å²) in [7, 11) is -2.27. The summed E-state index contributed by atoms with van der Waals surface area (Å²) in [6.07, 6.45) is 4.22. The van der Waals surface area contributed by atoms with E-state index in [9.17, 15) is 0 Å². The molecule has 0 unspecified atom stereocenters. The fourth-order valence-electron chi connectivity index (χ4n) is 4.69. The molecule has 2 aromatic carbocycles. The minimum absolute atomic E-state index is 0.980. The van der Waals surface area contributed by atoms with Gasteiger partial charge < -0.3 is 0 Å². The molecule has 0 radical (unpaired) electrons. The summed E-state index contributed by atoms with van der Waals surface area (Å²) in [5.74, 6) is 1.96. The van der Waals surface area contributed by atoms with E-state index in [1.807, 2.05) is 12.1 Å². The Labute approximate surface area is 193 Å². The average Bonchev–Trinajstić information content (AvgIpc) is 3.46. The number of hydrogen-bond donors (Lipinski definition) is 0. The Morgan fingerprint density at radius 3 is 1.33 bits per heavy atom. The maximum absolute atomic E-state index is 5.27. The Balaban J connectivity index is 1.61. The lowest BCUT2D eigenvalue weighted by Gasteiger charge is -2.18. The highest BCUT2D eigenvalue weighted by Gasteiger charge is 2.36. The molecule has 0 saturated carbocycles. The number of rotatable bonds is 4. The third-order valence-corrected chi connectivity index (χ3v) is 9.45. The molecule has 33 heavy (non-hydrogen) atoms. The maximum Gasteiger partial charge on any atom is 0.164 e. The summed E-state index contributed by atoms with van der Waals surface area (Å²) in [6, 6.07) is 33.5. The first-order valence-electron chi connectivity index (χ1n) is 11.2. The molecule has 5 heteroatoms. The first kappa shape index (κ1) is 19.7. The van der Waals surface area contributed by atoms with Crippen LogP contribution in [-0.4, -0.2) is 26.8 Å². The van der Waals surface area contributed by atoms with Crippen LogP contribution in [0.15, 0.2) is 109 Å². The third kappa shape index (κ3) is 3.12. The summed E-state index contributed by atoms with van der Waals surface area (Å²) in [6.45, 7) is 4.72. The third-order valence-electron chi connectivity index (χ3n) is 6.34. The normalized spacial score (nSPS) is 11.9. The predicted molar refractivity (Wildman–Crippen MR) is 138 cm³/mol. The molecule has 0 amide bonds. The highest BCUT2D eigenvalue weighted by atomic mass is 28.3. The molecule has 160 valence electrons. The van der Waals surface area contributed by atoms with Crippen molar-refractivity contribution in [3.63, 3.8) is 0 Å². The van der Waals surface area contributed by atoms with E-state index in [4.69, 9.17) is 9.97 Å². The van der Waals surface area contributed by atoms with Crippen molar-refractivity contribution in [3.8, 4) is 22.8 Å². The molecular formula is C28H24N4Si. The molecule has 0 aliphatic carbocycles. The zero-order valence-electron chi connectivity index (χ0n) is 18.7. The van der Waals surface area contributed by atoms with Gasteiger partial charge in [0.05, 0.1) is 21.7 Å². The van der Waals surface area contributed by atoms with Crippen LogP contribution in [0.25, 0.3) is 33.8 Å². The fraction of sp³-hybridized carbons (Fsp3) is 0.0714. The summed E-state index contributed by atoms with van der Waals surface area (Å²) in [4.78, 5) is 10.5. The second-order valence-corrected chi connectivity index (χ2v) is 13.0. The number of imidazole rings is 2. The Kier molecular flexibility index (Phi) is 4.52. The smallest absolute Gasteiger partial charge is 0.164 e. The number of nitrogens with zero attached hydrogens (tertiary/aromatic N) is 4. The van der Waals surface area contributed by atoms with Crippen LogP contribution in [0.4, 0.5) is 0 Å². The van der Waals surface area contributed by atoms with Crippen LogP contribution in [0.5, 0.6) is 0 Å². The first-order chi connectivity index (χ1) is 16.1. The Morgan fingerprint density at radius 1 is 0.515 bits per heavy atom. The van der Waals surface area contributed by atoms with E-state index in [1.54, 1.807) is 0 Å². The first-order valence-corrected chi connectivity index (χ1v) is 14.2. The molecule has 4 aromatic heterocycles. The number of pyridine rings is 2. The van der Waals surface area contributed by atoms with Gasteiger partial charge >= 0.3 is 0 Å². The molecule has 4 heterocycles. The highest BCUT2D eigenvalue weighted by Crippen LogP contribution is 2.24. The van der Waals surface area contributed by atoms with Gasteiger partial charge in [0.2, 0.25) is 0 Å². The van der Waals surface area contributed by atoms with Gasteiger partial charge in [0.1, 0.15) is 11.6 Å². The molecule has 0 aliphatic heterocycles. The van der Waals surface area contributed by atoms with Gasteiger partial charge in [-0.15, -0.1) is 0 Å². The fourth-order valence-corrected chi connectivity index (χ4v) is 7.37. The van der Waals surface area contributed by atoms with Gasteiger partial charge in [-0.2, -0.15) is 0 Å². The summed E-state index contributed by atoms with van der Waals surface area (Å²) in [5, 5.41) is 2.32. The summed E-state index contributed by atoms with van der Waals surface area (Å²) in [5.41, 5.74) is 4.56. The molecule has 0 atom stereocenters. The van der Waals surface area contributed by atoms with Gasteiger partial charge in [0.15, 0.2) is 8.07 Å². The molecule has 0 bridgehead atoms. The topological polar surface area (TPSA) is 34.6 Å². The van der Waals surface area contributed by atoms with Crippen LogP contribution in [0.1, 0.15) is 0 Å². The minimum atomic E-state index is -2.27. The number of benzene rings is 2. The second kappa shape index (κ2) is 7.57. The molecule has 4 nitrogen and oxygen atoms in total. The Bertz CT molecular complexity index is 1460. The zero-order chi connectivity index (χ0) is 22.4. The van der Waals surface area contributed by atoms with Crippen LogP contribution in [0.2, 0.25) is 13.1 Å². The standard InChI is InChI=1S/C28H24N4Si/c1-33(2,27-23-17-9-11-19-31(23)25(29-27)21-13-5-3-6-14-21)28-24-18-10-12-20-32(24)26(30-28)22-15-7-4-8-16-22/h3-20H,1-2H3. The van der Waals surface area contributed by atoms with E-state index in [-0.39, 0.29) is 0 Å². The molecule has 0 aliphatic rings. The molecule has 0 saturated heterocycles. The van der Waals surface area contributed by atoms with Gasteiger partial charge in [-0.05, 0) is 24.3 Å². The van der Waals surface area contributed by atoms with Crippen molar-refractivity contribution in [3.05, 3.63) is 109 Å². The van der Waals surface area contributed by atoms with Gasteiger partial charge in [-0.25, -0.2) is 9.97 Å². The monoisotopic (exact) mass is 444 g/mol. The average molecular weight is 445 g/mol. The van der Waals surface area contributed by atoms with Crippen LogP contribution in [0.3, 0.4) is 0 Å². The lowest BCUT2D eigenvalue weighted by molar-refractivity contribution is 1.16. The van der Waals surface area contributed by atoms with Crippen LogP contribution >= 0.6 is 0 Å². The number of fused-ring (bicyclic) bond motifs is 2. The summed E-state index contributed by atoms with van der Waals surface area (Å²) < 4.78 is 4.44. The lowest BCUT2D eigenvalue weighted by Crippen LogP contribution is -2.55. The van der Waals surface area contributed by atoms with E-state index in [0.717, 1.165) is 44.4 Å². The van der Waals surface area contributed by atoms with Gasteiger partial charge in [0, 0.05) is 23.5 Å². The SMILES string of the molecule is C[Si](C)(c1nc(-c2ccccc2)n2ccccc12)c1nc(-c2ccccc2)n2ccccc12.